The van der Waals surface area contributed by atoms with Gasteiger partial charge in [0.1, 0.15) is 18.2 Å². The molecule has 0 aliphatic heterocycles. The first-order chi connectivity index (χ1) is 16.0. The Balaban J connectivity index is 1.48. The van der Waals surface area contributed by atoms with Gasteiger partial charge in [-0.15, -0.1) is 0 Å². The third kappa shape index (κ3) is 5.32. The van der Waals surface area contributed by atoms with Gasteiger partial charge in [-0.2, -0.15) is 0 Å². The molecule has 0 bridgehead atoms. The highest BCUT2D eigenvalue weighted by molar-refractivity contribution is 5.69. The molecular formula is C28H28N2O3. The molecule has 5 nitrogen and oxygen atoms in total. The molecule has 1 aromatic heterocycles. The first-order valence-electron chi connectivity index (χ1n) is 11.1. The fourth-order valence-corrected chi connectivity index (χ4v) is 4.15. The van der Waals surface area contributed by atoms with Crippen molar-refractivity contribution in [2.75, 3.05) is 0 Å². The van der Waals surface area contributed by atoms with Gasteiger partial charge in [-0.3, -0.25) is 4.79 Å². The van der Waals surface area contributed by atoms with Crippen molar-refractivity contribution in [2.45, 2.75) is 32.3 Å². The van der Waals surface area contributed by atoms with Crippen molar-refractivity contribution in [3.05, 3.63) is 108 Å². The van der Waals surface area contributed by atoms with Crippen LogP contribution in [0.25, 0.3) is 11.1 Å². The molecule has 1 N–H and O–H groups in total. The second kappa shape index (κ2) is 10.2. The van der Waals surface area contributed by atoms with Crippen molar-refractivity contribution in [2.24, 2.45) is 7.05 Å². The van der Waals surface area contributed by atoms with Gasteiger partial charge in [0.05, 0.1) is 12.3 Å². The summed E-state index contributed by atoms with van der Waals surface area (Å²) in [5.41, 5.74) is 5.77. The topological polar surface area (TPSA) is 64.3 Å². The summed E-state index contributed by atoms with van der Waals surface area (Å²) in [6.07, 6.45) is 4.49. The minimum absolute atomic E-state index is 0.0168. The van der Waals surface area contributed by atoms with Crippen molar-refractivity contribution in [3.63, 3.8) is 0 Å². The number of nitrogens with zero attached hydrogens (tertiary/aromatic N) is 2. The zero-order chi connectivity index (χ0) is 23.2. The minimum Gasteiger partial charge on any atom is -0.489 e. The van der Waals surface area contributed by atoms with Crippen LogP contribution in [0.3, 0.4) is 0 Å². The predicted octanol–water partition coefficient (Wildman–Crippen LogP) is 5.84. The van der Waals surface area contributed by atoms with E-state index in [1.54, 1.807) is 6.20 Å². The number of imidazole rings is 1. The Morgan fingerprint density at radius 2 is 1.85 bits per heavy atom. The Bertz CT molecular complexity index is 1230. The van der Waals surface area contributed by atoms with Crippen molar-refractivity contribution in [1.29, 1.82) is 0 Å². The number of carbonyl (C=O) groups is 1. The average Bonchev–Trinajstić information content (AvgIpc) is 3.27. The molecule has 0 fully saturated rings. The summed E-state index contributed by atoms with van der Waals surface area (Å²) in [4.78, 5) is 15.8. The van der Waals surface area contributed by atoms with Crippen LogP contribution in [-0.2, 0) is 24.9 Å². The first-order valence-corrected chi connectivity index (χ1v) is 11.1. The Labute approximate surface area is 194 Å². The summed E-state index contributed by atoms with van der Waals surface area (Å²) < 4.78 is 7.90. The van der Waals surface area contributed by atoms with Gasteiger partial charge in [-0.05, 0) is 52.4 Å². The fraction of sp³-hybridized carbons (Fsp3) is 0.214. The molecule has 168 valence electrons. The number of carboxylic acids is 1. The third-order valence-corrected chi connectivity index (χ3v) is 5.87. The van der Waals surface area contributed by atoms with Crippen LogP contribution in [0, 0.1) is 0 Å². The molecule has 0 saturated carbocycles. The Hall–Kier alpha value is -3.86. The van der Waals surface area contributed by atoms with E-state index in [1.807, 2.05) is 42.1 Å². The van der Waals surface area contributed by atoms with Crippen LogP contribution >= 0.6 is 0 Å². The molecule has 33 heavy (non-hydrogen) atoms. The standard InChI is InChI=1S/C28H28N2O3/c1-3-21-8-4-5-10-25(21)23-9-6-7-20(17-23)19-33-24-13-11-22(12-14-24)26(18-27(31)32)28-29-15-16-30(28)2/h4-17,26H,3,18-19H2,1-2H3,(H,31,32)/t26-/m0/s1. The number of aliphatic carboxylic acids is 1. The first kappa shape index (κ1) is 22.3. The lowest BCUT2D eigenvalue weighted by molar-refractivity contribution is -0.137. The van der Waals surface area contributed by atoms with E-state index in [0.717, 1.165) is 29.1 Å². The number of hydrogen-bond acceptors (Lipinski definition) is 3. The lowest BCUT2D eigenvalue weighted by Crippen LogP contribution is -2.12. The maximum Gasteiger partial charge on any atom is 0.304 e. The van der Waals surface area contributed by atoms with Crippen molar-refractivity contribution in [1.82, 2.24) is 9.55 Å². The molecule has 0 spiro atoms. The number of aryl methyl sites for hydroxylation is 2. The van der Waals surface area contributed by atoms with Crippen LogP contribution in [-0.4, -0.2) is 20.6 Å². The van der Waals surface area contributed by atoms with Gasteiger partial charge in [0.15, 0.2) is 0 Å². The van der Waals surface area contributed by atoms with Gasteiger partial charge >= 0.3 is 5.97 Å². The quantitative estimate of drug-likeness (QED) is 0.355. The van der Waals surface area contributed by atoms with Gasteiger partial charge < -0.3 is 14.4 Å². The number of benzene rings is 3. The summed E-state index contributed by atoms with van der Waals surface area (Å²) in [5, 5.41) is 9.38. The van der Waals surface area contributed by atoms with E-state index in [1.165, 1.54) is 16.7 Å². The number of aromatic nitrogens is 2. The maximum absolute atomic E-state index is 11.4. The molecule has 0 amide bonds. The fourth-order valence-electron chi connectivity index (χ4n) is 4.15. The molecular weight excluding hydrogens is 412 g/mol. The number of rotatable bonds is 9. The van der Waals surface area contributed by atoms with E-state index in [-0.39, 0.29) is 12.3 Å². The van der Waals surface area contributed by atoms with Crippen molar-refractivity contribution >= 4 is 5.97 Å². The van der Waals surface area contributed by atoms with Gasteiger partial charge in [-0.1, -0.05) is 61.5 Å². The zero-order valence-electron chi connectivity index (χ0n) is 18.9. The Morgan fingerprint density at radius 1 is 1.06 bits per heavy atom. The summed E-state index contributed by atoms with van der Waals surface area (Å²) in [6, 6.07) is 24.5. The molecule has 0 unspecified atom stereocenters. The normalized spacial score (nSPS) is 11.8. The number of ether oxygens (including phenoxy) is 1. The van der Waals surface area contributed by atoms with Crippen LogP contribution in [0.15, 0.2) is 85.2 Å². The molecule has 3 aromatic carbocycles. The van der Waals surface area contributed by atoms with Gasteiger partial charge in [0, 0.05) is 19.4 Å². The Morgan fingerprint density at radius 3 is 2.55 bits per heavy atom. The summed E-state index contributed by atoms with van der Waals surface area (Å²) >= 11 is 0. The summed E-state index contributed by atoms with van der Waals surface area (Å²) in [6.45, 7) is 2.63. The molecule has 1 heterocycles. The molecule has 0 aliphatic carbocycles. The monoisotopic (exact) mass is 440 g/mol. The van der Waals surface area contributed by atoms with Crippen LogP contribution < -0.4 is 4.74 Å². The molecule has 1 atom stereocenters. The third-order valence-electron chi connectivity index (χ3n) is 5.87. The minimum atomic E-state index is -0.854. The molecule has 0 aliphatic rings. The van der Waals surface area contributed by atoms with Crippen LogP contribution in [0.2, 0.25) is 0 Å². The van der Waals surface area contributed by atoms with E-state index in [2.05, 4.69) is 60.4 Å². The highest BCUT2D eigenvalue weighted by Crippen LogP contribution is 2.29. The van der Waals surface area contributed by atoms with Crippen molar-refractivity contribution < 1.29 is 14.6 Å². The molecule has 4 aromatic rings. The van der Waals surface area contributed by atoms with E-state index in [0.29, 0.717) is 6.61 Å². The average molecular weight is 441 g/mol. The highest BCUT2D eigenvalue weighted by Gasteiger charge is 2.21. The smallest absolute Gasteiger partial charge is 0.304 e. The lowest BCUT2D eigenvalue weighted by atomic mass is 9.94. The van der Waals surface area contributed by atoms with E-state index in [9.17, 15) is 9.90 Å². The van der Waals surface area contributed by atoms with Crippen LogP contribution in [0.5, 0.6) is 5.75 Å². The molecule has 4 rings (SSSR count). The van der Waals surface area contributed by atoms with Crippen LogP contribution in [0.4, 0.5) is 0 Å². The summed E-state index contributed by atoms with van der Waals surface area (Å²) in [7, 11) is 1.88. The van der Waals surface area contributed by atoms with E-state index < -0.39 is 5.97 Å². The largest absolute Gasteiger partial charge is 0.489 e. The maximum atomic E-state index is 11.4. The molecule has 0 saturated heterocycles. The van der Waals surface area contributed by atoms with E-state index >= 15 is 0 Å². The SMILES string of the molecule is CCc1ccccc1-c1cccc(COc2ccc([C@H](CC(=O)O)c3nccn3C)cc2)c1. The van der Waals surface area contributed by atoms with E-state index in [4.69, 9.17) is 4.74 Å². The molecule has 0 radical (unpaired) electrons. The predicted molar refractivity (Wildman–Crippen MR) is 129 cm³/mol. The molecule has 5 heteroatoms. The van der Waals surface area contributed by atoms with Gasteiger partial charge in [0.25, 0.3) is 0 Å². The van der Waals surface area contributed by atoms with Crippen molar-refractivity contribution in [3.8, 4) is 16.9 Å². The zero-order valence-corrected chi connectivity index (χ0v) is 18.9. The second-order valence-electron chi connectivity index (χ2n) is 8.12. The highest BCUT2D eigenvalue weighted by atomic mass is 16.5. The second-order valence-corrected chi connectivity index (χ2v) is 8.12. The Kier molecular flexibility index (Phi) is 6.89. The van der Waals surface area contributed by atoms with Gasteiger partial charge in [-0.25, -0.2) is 4.98 Å². The lowest BCUT2D eigenvalue weighted by Gasteiger charge is -2.16. The number of hydrogen-bond donors (Lipinski definition) is 1. The van der Waals surface area contributed by atoms with Gasteiger partial charge in [0.2, 0.25) is 0 Å². The van der Waals surface area contributed by atoms with Crippen LogP contribution in [0.1, 0.15) is 41.8 Å². The number of carboxylic acid groups (broad SMARTS) is 1. The summed E-state index contributed by atoms with van der Waals surface area (Å²) in [5.74, 6) is 0.307.